The van der Waals surface area contributed by atoms with Crippen molar-refractivity contribution in [2.75, 3.05) is 6.54 Å². The smallest absolute Gasteiger partial charge is 0.00952 e. The second-order valence-corrected chi connectivity index (χ2v) is 5.68. The minimum atomic E-state index is 0.755. The zero-order chi connectivity index (χ0) is 11.3. The predicted octanol–water partition coefficient (Wildman–Crippen LogP) is 3.84. The molecule has 0 aromatic carbocycles. The van der Waals surface area contributed by atoms with Crippen LogP contribution < -0.4 is 5.32 Å². The molecule has 0 spiro atoms. The molecule has 0 aliphatic heterocycles. The molecular formula is C14H29N. The third kappa shape index (κ3) is 5.01. The van der Waals surface area contributed by atoms with Crippen LogP contribution in [0.3, 0.4) is 0 Å². The van der Waals surface area contributed by atoms with E-state index in [-0.39, 0.29) is 0 Å². The summed E-state index contributed by atoms with van der Waals surface area (Å²) >= 11 is 0. The molecule has 2 unspecified atom stereocenters. The zero-order valence-electron chi connectivity index (χ0n) is 11.1. The summed E-state index contributed by atoms with van der Waals surface area (Å²) in [6, 6.07) is 0.755. The van der Waals surface area contributed by atoms with Crippen molar-refractivity contribution >= 4 is 0 Å². The van der Waals surface area contributed by atoms with Gasteiger partial charge in [0.05, 0.1) is 0 Å². The second kappa shape index (κ2) is 6.52. The van der Waals surface area contributed by atoms with E-state index in [1.807, 2.05) is 0 Å². The molecule has 0 radical (unpaired) electrons. The highest BCUT2D eigenvalue weighted by Gasteiger charge is 2.25. The van der Waals surface area contributed by atoms with Gasteiger partial charge in [-0.3, -0.25) is 0 Å². The van der Waals surface area contributed by atoms with E-state index in [1.165, 1.54) is 38.6 Å². The van der Waals surface area contributed by atoms with Crippen molar-refractivity contribution in [3.63, 3.8) is 0 Å². The van der Waals surface area contributed by atoms with Gasteiger partial charge in [-0.05, 0) is 43.6 Å². The van der Waals surface area contributed by atoms with Crippen LogP contribution in [0.25, 0.3) is 0 Å². The van der Waals surface area contributed by atoms with Crippen LogP contribution in [-0.2, 0) is 0 Å². The van der Waals surface area contributed by atoms with Crippen LogP contribution in [0.2, 0.25) is 0 Å². The van der Waals surface area contributed by atoms with E-state index in [2.05, 4.69) is 33.0 Å². The van der Waals surface area contributed by atoms with Crippen LogP contribution in [0.1, 0.15) is 59.8 Å². The largest absolute Gasteiger partial charge is 0.314 e. The lowest BCUT2D eigenvalue weighted by Crippen LogP contribution is -2.37. The molecule has 0 aromatic heterocycles. The molecule has 1 nitrogen and oxygen atoms in total. The van der Waals surface area contributed by atoms with E-state index in [9.17, 15) is 0 Å². The van der Waals surface area contributed by atoms with Gasteiger partial charge in [0.25, 0.3) is 0 Å². The summed E-state index contributed by atoms with van der Waals surface area (Å²) in [7, 11) is 0. The van der Waals surface area contributed by atoms with Crippen LogP contribution >= 0.6 is 0 Å². The molecule has 1 saturated carbocycles. The normalized spacial score (nSPS) is 20.6. The molecule has 0 bridgehead atoms. The highest BCUT2D eigenvalue weighted by Crippen LogP contribution is 2.35. The monoisotopic (exact) mass is 211 g/mol. The van der Waals surface area contributed by atoms with E-state index in [4.69, 9.17) is 0 Å². The van der Waals surface area contributed by atoms with Crippen molar-refractivity contribution in [3.05, 3.63) is 0 Å². The highest BCUT2D eigenvalue weighted by molar-refractivity contribution is 4.80. The Bertz CT molecular complexity index is 161. The van der Waals surface area contributed by atoms with Crippen molar-refractivity contribution in [3.8, 4) is 0 Å². The zero-order valence-corrected chi connectivity index (χ0v) is 11.1. The van der Waals surface area contributed by atoms with Crippen LogP contribution in [0.5, 0.6) is 0 Å². The summed E-state index contributed by atoms with van der Waals surface area (Å²) < 4.78 is 0. The number of nitrogens with one attached hydrogen (secondary N) is 1. The number of hydrogen-bond acceptors (Lipinski definition) is 1. The van der Waals surface area contributed by atoms with Gasteiger partial charge in [0, 0.05) is 6.04 Å². The first-order chi connectivity index (χ1) is 7.15. The summed E-state index contributed by atoms with van der Waals surface area (Å²) in [4.78, 5) is 0. The van der Waals surface area contributed by atoms with Gasteiger partial charge in [-0.2, -0.15) is 0 Å². The fourth-order valence-corrected chi connectivity index (χ4v) is 2.17. The minimum Gasteiger partial charge on any atom is -0.314 e. The molecular weight excluding hydrogens is 182 g/mol. The van der Waals surface area contributed by atoms with E-state index in [0.29, 0.717) is 0 Å². The maximum Gasteiger partial charge on any atom is 0.00952 e. The number of rotatable bonds is 8. The SMILES string of the molecule is CCCNC(CCC1CC1)C(C)C(C)C. The Morgan fingerprint density at radius 1 is 1.20 bits per heavy atom. The van der Waals surface area contributed by atoms with Crippen molar-refractivity contribution in [2.24, 2.45) is 17.8 Å². The van der Waals surface area contributed by atoms with Gasteiger partial charge < -0.3 is 5.32 Å². The maximum atomic E-state index is 3.73. The Kier molecular flexibility index (Phi) is 5.66. The highest BCUT2D eigenvalue weighted by atomic mass is 14.9. The topological polar surface area (TPSA) is 12.0 Å². The van der Waals surface area contributed by atoms with Gasteiger partial charge >= 0.3 is 0 Å². The second-order valence-electron chi connectivity index (χ2n) is 5.68. The van der Waals surface area contributed by atoms with Crippen molar-refractivity contribution in [1.82, 2.24) is 5.32 Å². The summed E-state index contributed by atoms with van der Waals surface area (Å²) in [6.45, 7) is 10.5. The van der Waals surface area contributed by atoms with E-state index < -0.39 is 0 Å². The Labute approximate surface area is 96.0 Å². The van der Waals surface area contributed by atoms with Gasteiger partial charge in [-0.25, -0.2) is 0 Å². The quantitative estimate of drug-likeness (QED) is 0.643. The van der Waals surface area contributed by atoms with Crippen molar-refractivity contribution in [2.45, 2.75) is 65.8 Å². The lowest BCUT2D eigenvalue weighted by atomic mass is 9.87. The molecule has 15 heavy (non-hydrogen) atoms. The Morgan fingerprint density at radius 2 is 1.87 bits per heavy atom. The van der Waals surface area contributed by atoms with Crippen LogP contribution in [0, 0.1) is 17.8 Å². The molecule has 1 aliphatic rings. The van der Waals surface area contributed by atoms with E-state index >= 15 is 0 Å². The third-order valence-corrected chi connectivity index (χ3v) is 3.93. The molecule has 1 rings (SSSR count). The Hall–Kier alpha value is -0.0400. The van der Waals surface area contributed by atoms with E-state index in [1.54, 1.807) is 0 Å². The van der Waals surface area contributed by atoms with Crippen molar-refractivity contribution in [1.29, 1.82) is 0 Å². The standard InChI is InChI=1S/C14H29N/c1-5-10-15-14(12(4)11(2)3)9-8-13-6-7-13/h11-15H,5-10H2,1-4H3. The summed E-state index contributed by atoms with van der Waals surface area (Å²) in [5.74, 6) is 2.70. The van der Waals surface area contributed by atoms with Gasteiger partial charge in [0.2, 0.25) is 0 Å². The molecule has 1 N–H and O–H groups in total. The fourth-order valence-electron chi connectivity index (χ4n) is 2.17. The van der Waals surface area contributed by atoms with Gasteiger partial charge in [-0.15, -0.1) is 0 Å². The average Bonchev–Trinajstić information content (AvgIpc) is 3.00. The molecule has 0 amide bonds. The molecule has 0 aromatic rings. The maximum absolute atomic E-state index is 3.73. The first-order valence-corrected chi connectivity index (χ1v) is 6.88. The van der Waals surface area contributed by atoms with E-state index in [0.717, 1.165) is 23.8 Å². The summed E-state index contributed by atoms with van der Waals surface area (Å²) in [5.41, 5.74) is 0. The van der Waals surface area contributed by atoms with Gasteiger partial charge in [-0.1, -0.05) is 40.5 Å². The molecule has 1 heteroatoms. The molecule has 1 aliphatic carbocycles. The molecule has 90 valence electrons. The lowest BCUT2D eigenvalue weighted by Gasteiger charge is -2.28. The molecule has 2 atom stereocenters. The fraction of sp³-hybridized carbons (Fsp3) is 1.00. The van der Waals surface area contributed by atoms with Crippen molar-refractivity contribution < 1.29 is 0 Å². The minimum absolute atomic E-state index is 0.755. The third-order valence-electron chi connectivity index (χ3n) is 3.93. The molecule has 1 fully saturated rings. The average molecular weight is 211 g/mol. The van der Waals surface area contributed by atoms with Gasteiger partial charge in [0.15, 0.2) is 0 Å². The molecule has 0 heterocycles. The van der Waals surface area contributed by atoms with Crippen LogP contribution in [0.15, 0.2) is 0 Å². The summed E-state index contributed by atoms with van der Waals surface area (Å²) in [5, 5.41) is 3.73. The Morgan fingerprint density at radius 3 is 2.33 bits per heavy atom. The van der Waals surface area contributed by atoms with Crippen LogP contribution in [0.4, 0.5) is 0 Å². The Balaban J connectivity index is 2.28. The van der Waals surface area contributed by atoms with Crippen LogP contribution in [-0.4, -0.2) is 12.6 Å². The molecule has 0 saturated heterocycles. The number of hydrogen-bond donors (Lipinski definition) is 1. The summed E-state index contributed by atoms with van der Waals surface area (Å²) in [6.07, 6.45) is 7.10. The first kappa shape index (κ1) is 13.0. The predicted molar refractivity (Wildman–Crippen MR) is 68.0 cm³/mol. The van der Waals surface area contributed by atoms with Gasteiger partial charge in [0.1, 0.15) is 0 Å². The lowest BCUT2D eigenvalue weighted by molar-refractivity contribution is 0.278. The first-order valence-electron chi connectivity index (χ1n) is 6.88.